The van der Waals surface area contributed by atoms with Crippen molar-refractivity contribution in [2.75, 3.05) is 13.2 Å². The van der Waals surface area contributed by atoms with E-state index in [9.17, 15) is 0 Å². The fraction of sp³-hybridized carbons (Fsp3) is 0.556. The molecule has 0 N–H and O–H groups in total. The summed E-state index contributed by atoms with van der Waals surface area (Å²) in [7, 11) is 0. The molecular weight excluding hydrogens is 140 g/mol. The first-order chi connectivity index (χ1) is 5.43. The Bertz CT molecular complexity index is 159. The minimum Gasteiger partial charge on any atom is -0.494 e. The molecule has 0 unspecified atom stereocenters. The second-order valence-corrected chi connectivity index (χ2v) is 2.47. The van der Waals surface area contributed by atoms with E-state index < -0.39 is 0 Å². The van der Waals surface area contributed by atoms with E-state index in [0.717, 1.165) is 18.8 Å². The summed E-state index contributed by atoms with van der Waals surface area (Å²) >= 11 is 0. The van der Waals surface area contributed by atoms with E-state index in [-0.39, 0.29) is 0 Å². The zero-order valence-corrected chi connectivity index (χ0v) is 6.88. The van der Waals surface area contributed by atoms with Crippen LogP contribution in [0.3, 0.4) is 0 Å². The summed E-state index contributed by atoms with van der Waals surface area (Å²) in [6, 6.07) is 0. The predicted octanol–water partition coefficient (Wildman–Crippen LogP) is 2.23. The first kappa shape index (κ1) is 8.18. The molecule has 0 aromatic heterocycles. The van der Waals surface area contributed by atoms with Crippen molar-refractivity contribution in [3.05, 3.63) is 24.2 Å². The average molecular weight is 154 g/mol. The molecule has 0 aromatic rings. The van der Waals surface area contributed by atoms with E-state index >= 15 is 0 Å². The molecule has 1 rings (SSSR count). The molecule has 0 amide bonds. The minimum absolute atomic E-state index is 0.584. The highest BCUT2D eigenvalue weighted by atomic mass is 16.5. The number of ether oxygens (including phenoxy) is 2. The Kier molecular flexibility index (Phi) is 3.59. The molecule has 62 valence electrons. The summed E-state index contributed by atoms with van der Waals surface area (Å²) in [5.74, 6) is 0.931. The van der Waals surface area contributed by atoms with Crippen molar-refractivity contribution in [3.63, 3.8) is 0 Å². The normalized spacial score (nSPS) is 15.5. The van der Waals surface area contributed by atoms with Gasteiger partial charge in [-0.3, -0.25) is 0 Å². The summed E-state index contributed by atoms with van der Waals surface area (Å²) in [5.41, 5.74) is 0. The van der Waals surface area contributed by atoms with Gasteiger partial charge in [0.05, 0.1) is 12.9 Å². The highest BCUT2D eigenvalue weighted by Crippen LogP contribution is 2.05. The predicted molar refractivity (Wildman–Crippen MR) is 44.0 cm³/mol. The third-order valence-electron chi connectivity index (χ3n) is 1.47. The molecule has 0 spiro atoms. The molecule has 0 atom stereocenters. The zero-order chi connectivity index (χ0) is 7.94. The average Bonchev–Trinajstić information content (AvgIpc) is 2.07. The first-order valence-corrected chi connectivity index (χ1v) is 4.03. The highest BCUT2D eigenvalue weighted by Gasteiger charge is 1.99. The molecule has 2 heteroatoms. The van der Waals surface area contributed by atoms with Crippen LogP contribution in [0.2, 0.25) is 0 Å². The van der Waals surface area contributed by atoms with Gasteiger partial charge in [0.2, 0.25) is 0 Å². The minimum atomic E-state index is 0.584. The summed E-state index contributed by atoms with van der Waals surface area (Å²) in [6.45, 7) is 3.54. The van der Waals surface area contributed by atoms with Crippen molar-refractivity contribution in [2.24, 2.45) is 0 Å². The van der Waals surface area contributed by atoms with Gasteiger partial charge in [0.25, 0.3) is 0 Å². The fourth-order valence-corrected chi connectivity index (χ4v) is 0.818. The third-order valence-corrected chi connectivity index (χ3v) is 1.47. The Balaban J connectivity index is 2.15. The van der Waals surface area contributed by atoms with E-state index in [0.29, 0.717) is 6.61 Å². The monoisotopic (exact) mass is 154 g/mol. The molecule has 1 heterocycles. The van der Waals surface area contributed by atoms with Gasteiger partial charge in [-0.15, -0.1) is 0 Å². The molecule has 1 aliphatic heterocycles. The van der Waals surface area contributed by atoms with Crippen LogP contribution < -0.4 is 0 Å². The van der Waals surface area contributed by atoms with Gasteiger partial charge >= 0.3 is 0 Å². The highest BCUT2D eigenvalue weighted by molar-refractivity contribution is 5.09. The van der Waals surface area contributed by atoms with Crippen LogP contribution in [0.5, 0.6) is 0 Å². The lowest BCUT2D eigenvalue weighted by atomic mass is 10.3. The van der Waals surface area contributed by atoms with Crippen molar-refractivity contribution >= 4 is 0 Å². The lowest BCUT2D eigenvalue weighted by Gasteiger charge is -2.11. The quantitative estimate of drug-likeness (QED) is 0.578. The lowest BCUT2D eigenvalue weighted by Crippen LogP contribution is -2.02. The smallest absolute Gasteiger partial charge is 0.144 e. The van der Waals surface area contributed by atoms with Crippen LogP contribution >= 0.6 is 0 Å². The largest absolute Gasteiger partial charge is 0.494 e. The molecule has 0 fully saturated rings. The Morgan fingerprint density at radius 1 is 1.64 bits per heavy atom. The molecule has 2 nitrogen and oxygen atoms in total. The molecule has 0 saturated heterocycles. The van der Waals surface area contributed by atoms with E-state index in [4.69, 9.17) is 9.47 Å². The molecule has 11 heavy (non-hydrogen) atoms. The van der Waals surface area contributed by atoms with Crippen LogP contribution in [0.15, 0.2) is 24.2 Å². The maximum atomic E-state index is 5.41. The number of rotatable bonds is 4. The van der Waals surface area contributed by atoms with Crippen LogP contribution in [0, 0.1) is 0 Å². The van der Waals surface area contributed by atoms with Crippen molar-refractivity contribution in [3.8, 4) is 0 Å². The Hall–Kier alpha value is -0.920. The second-order valence-electron chi connectivity index (χ2n) is 2.47. The van der Waals surface area contributed by atoms with Crippen molar-refractivity contribution < 1.29 is 9.47 Å². The number of unbranched alkanes of at least 4 members (excludes halogenated alkanes) is 1. The molecule has 0 saturated carbocycles. The van der Waals surface area contributed by atoms with Gasteiger partial charge in [0, 0.05) is 0 Å². The van der Waals surface area contributed by atoms with Gasteiger partial charge in [0.15, 0.2) is 0 Å². The van der Waals surface area contributed by atoms with Crippen LogP contribution in [-0.4, -0.2) is 13.2 Å². The zero-order valence-electron chi connectivity index (χ0n) is 6.88. The Labute approximate surface area is 67.5 Å². The van der Waals surface area contributed by atoms with Gasteiger partial charge in [-0.25, -0.2) is 0 Å². The van der Waals surface area contributed by atoms with E-state index in [1.54, 1.807) is 6.26 Å². The van der Waals surface area contributed by atoms with Crippen molar-refractivity contribution in [2.45, 2.75) is 19.8 Å². The van der Waals surface area contributed by atoms with Gasteiger partial charge in [-0.2, -0.15) is 0 Å². The van der Waals surface area contributed by atoms with E-state index in [1.807, 2.05) is 12.2 Å². The second kappa shape index (κ2) is 4.83. The van der Waals surface area contributed by atoms with E-state index in [1.165, 1.54) is 6.42 Å². The topological polar surface area (TPSA) is 18.5 Å². The van der Waals surface area contributed by atoms with Crippen LogP contribution in [-0.2, 0) is 9.47 Å². The Morgan fingerprint density at radius 2 is 2.55 bits per heavy atom. The van der Waals surface area contributed by atoms with Crippen LogP contribution in [0.1, 0.15) is 19.8 Å². The third kappa shape index (κ3) is 3.12. The van der Waals surface area contributed by atoms with Crippen molar-refractivity contribution in [1.29, 1.82) is 0 Å². The van der Waals surface area contributed by atoms with Crippen LogP contribution in [0.4, 0.5) is 0 Å². The summed E-state index contributed by atoms with van der Waals surface area (Å²) in [6.07, 6.45) is 7.75. The maximum Gasteiger partial charge on any atom is 0.144 e. The number of hydrogen-bond donors (Lipinski definition) is 0. The first-order valence-electron chi connectivity index (χ1n) is 4.03. The number of hydrogen-bond acceptors (Lipinski definition) is 2. The van der Waals surface area contributed by atoms with Gasteiger partial charge < -0.3 is 9.47 Å². The van der Waals surface area contributed by atoms with Crippen LogP contribution in [0.25, 0.3) is 0 Å². The molecule has 0 aromatic carbocycles. The van der Waals surface area contributed by atoms with Gasteiger partial charge in [-0.1, -0.05) is 13.3 Å². The fourth-order valence-electron chi connectivity index (χ4n) is 0.818. The molecule has 0 aliphatic carbocycles. The summed E-state index contributed by atoms with van der Waals surface area (Å²) in [5, 5.41) is 0. The molecule has 1 aliphatic rings. The Morgan fingerprint density at radius 3 is 3.18 bits per heavy atom. The molecule has 0 radical (unpaired) electrons. The van der Waals surface area contributed by atoms with Crippen molar-refractivity contribution in [1.82, 2.24) is 0 Å². The van der Waals surface area contributed by atoms with Gasteiger partial charge in [-0.05, 0) is 18.6 Å². The summed E-state index contributed by atoms with van der Waals surface area (Å²) < 4.78 is 10.4. The lowest BCUT2D eigenvalue weighted by molar-refractivity contribution is 0.144. The van der Waals surface area contributed by atoms with E-state index in [2.05, 4.69) is 6.92 Å². The SMILES string of the molecule is CCCCOC1=CC=COC1. The summed E-state index contributed by atoms with van der Waals surface area (Å²) in [4.78, 5) is 0. The van der Waals surface area contributed by atoms with Gasteiger partial charge in [0.1, 0.15) is 12.4 Å². The molecule has 0 bridgehead atoms. The maximum absolute atomic E-state index is 5.41. The molecular formula is C9H14O2. The standard InChI is InChI=1S/C9H14O2/c1-2-3-7-11-9-5-4-6-10-8-9/h4-6H,2-3,7-8H2,1H3. The number of allylic oxidation sites excluding steroid dienone is 2.